The van der Waals surface area contributed by atoms with Gasteiger partial charge in [0.2, 0.25) is 5.91 Å². The van der Waals surface area contributed by atoms with Gasteiger partial charge in [-0.1, -0.05) is 38.5 Å². The molecule has 4 nitrogen and oxygen atoms in total. The van der Waals surface area contributed by atoms with Gasteiger partial charge < -0.3 is 10.4 Å². The number of anilines is 1. The number of nitrogens with one attached hydrogen (secondary N) is 1. The van der Waals surface area contributed by atoms with Crippen molar-refractivity contribution in [2.24, 2.45) is 17.8 Å². The summed E-state index contributed by atoms with van der Waals surface area (Å²) in [5, 5.41) is 12.2. The highest BCUT2D eigenvalue weighted by Crippen LogP contribution is 2.37. The minimum atomic E-state index is -0.860. The lowest BCUT2D eigenvalue weighted by Crippen LogP contribution is -2.30. The molecule has 0 saturated heterocycles. The number of hydrogen-bond donors (Lipinski definition) is 2. The van der Waals surface area contributed by atoms with Crippen LogP contribution >= 0.6 is 0 Å². The van der Waals surface area contributed by atoms with E-state index in [4.69, 9.17) is 0 Å². The van der Waals surface area contributed by atoms with Crippen molar-refractivity contribution in [3.05, 3.63) is 29.8 Å². The van der Waals surface area contributed by atoms with E-state index in [1.165, 1.54) is 0 Å². The molecule has 0 heterocycles. The Morgan fingerprint density at radius 2 is 1.90 bits per heavy atom. The third kappa shape index (κ3) is 3.63. The van der Waals surface area contributed by atoms with Gasteiger partial charge in [-0.05, 0) is 36.8 Å². The summed E-state index contributed by atoms with van der Waals surface area (Å²) in [7, 11) is 0. The zero-order valence-corrected chi connectivity index (χ0v) is 12.6. The first-order valence-electron chi connectivity index (χ1n) is 7.64. The lowest BCUT2D eigenvalue weighted by atomic mass is 9.95. The second kappa shape index (κ2) is 6.74. The van der Waals surface area contributed by atoms with E-state index in [1.54, 1.807) is 0 Å². The Morgan fingerprint density at radius 1 is 1.24 bits per heavy atom. The second-order valence-corrected chi connectivity index (χ2v) is 6.02. The van der Waals surface area contributed by atoms with Crippen molar-refractivity contribution in [3.63, 3.8) is 0 Å². The van der Waals surface area contributed by atoms with Crippen LogP contribution in [-0.4, -0.2) is 17.0 Å². The molecule has 1 amide bonds. The van der Waals surface area contributed by atoms with Crippen molar-refractivity contribution in [3.8, 4) is 0 Å². The molecule has 114 valence electrons. The van der Waals surface area contributed by atoms with Crippen LogP contribution in [0.1, 0.15) is 38.7 Å². The zero-order valence-electron chi connectivity index (χ0n) is 12.6. The topological polar surface area (TPSA) is 66.4 Å². The van der Waals surface area contributed by atoms with E-state index < -0.39 is 17.8 Å². The predicted octanol–water partition coefficient (Wildman–Crippen LogP) is 3.32. The fourth-order valence-corrected chi connectivity index (χ4v) is 3.21. The number of hydrogen-bond acceptors (Lipinski definition) is 2. The Morgan fingerprint density at radius 3 is 2.57 bits per heavy atom. The van der Waals surface area contributed by atoms with Crippen LogP contribution in [0.2, 0.25) is 0 Å². The molecule has 1 aromatic carbocycles. The first-order chi connectivity index (χ1) is 10.0. The second-order valence-electron chi connectivity index (χ2n) is 6.02. The maximum absolute atomic E-state index is 12.5. The van der Waals surface area contributed by atoms with Gasteiger partial charge >= 0.3 is 5.97 Å². The summed E-state index contributed by atoms with van der Waals surface area (Å²) in [5.41, 5.74) is 1.92. The van der Waals surface area contributed by atoms with Crippen molar-refractivity contribution < 1.29 is 14.7 Å². The van der Waals surface area contributed by atoms with E-state index in [9.17, 15) is 14.7 Å². The highest BCUT2D eigenvalue weighted by Gasteiger charge is 2.41. The number of para-hydroxylation sites is 1. The monoisotopic (exact) mass is 289 g/mol. The number of carbonyl (C=O) groups excluding carboxylic acids is 1. The molecular formula is C17H23NO3. The summed E-state index contributed by atoms with van der Waals surface area (Å²) in [6.07, 6.45) is 3.15. The van der Waals surface area contributed by atoms with Gasteiger partial charge in [-0.25, -0.2) is 0 Å². The molecule has 2 N–H and O–H groups in total. The summed E-state index contributed by atoms with van der Waals surface area (Å²) in [6, 6.07) is 7.74. The van der Waals surface area contributed by atoms with Crippen molar-refractivity contribution in [2.45, 2.75) is 39.5 Å². The van der Waals surface area contributed by atoms with Gasteiger partial charge in [0.1, 0.15) is 0 Å². The average Bonchev–Trinajstić information content (AvgIpc) is 2.84. The largest absolute Gasteiger partial charge is 0.481 e. The zero-order chi connectivity index (χ0) is 15.4. The Bertz CT molecular complexity index is 527. The van der Waals surface area contributed by atoms with E-state index in [2.05, 4.69) is 12.2 Å². The molecule has 1 aliphatic rings. The lowest BCUT2D eigenvalue weighted by Gasteiger charge is -2.17. The van der Waals surface area contributed by atoms with Gasteiger partial charge in [0.15, 0.2) is 0 Å². The Hall–Kier alpha value is -1.84. The average molecular weight is 289 g/mol. The van der Waals surface area contributed by atoms with Crippen molar-refractivity contribution >= 4 is 17.6 Å². The van der Waals surface area contributed by atoms with Gasteiger partial charge in [-0.15, -0.1) is 0 Å². The maximum Gasteiger partial charge on any atom is 0.307 e. The standard InChI is InChI=1S/C17H23NO3/c1-3-6-12-7-4-5-8-15(12)18-16(19)13-9-11(2)10-14(13)17(20)21/h4-5,7-8,11,13-14H,3,6,9-10H2,1-2H3,(H,18,19)(H,20,21)/t11?,13-,14+/m0/s1. The van der Waals surface area contributed by atoms with Crippen LogP contribution < -0.4 is 5.32 Å². The Balaban J connectivity index is 2.12. The van der Waals surface area contributed by atoms with Crippen LogP contribution in [0.4, 0.5) is 5.69 Å². The summed E-state index contributed by atoms with van der Waals surface area (Å²) in [6.45, 7) is 4.10. The van der Waals surface area contributed by atoms with Gasteiger partial charge in [-0.2, -0.15) is 0 Å². The number of carboxylic acid groups (broad SMARTS) is 1. The summed E-state index contributed by atoms with van der Waals surface area (Å²) in [4.78, 5) is 23.8. The van der Waals surface area contributed by atoms with E-state index in [0.29, 0.717) is 12.8 Å². The number of carboxylic acids is 1. The van der Waals surface area contributed by atoms with Crippen LogP contribution in [0.15, 0.2) is 24.3 Å². The molecule has 2 rings (SSSR count). The summed E-state index contributed by atoms with van der Waals surface area (Å²) >= 11 is 0. The minimum Gasteiger partial charge on any atom is -0.481 e. The Kier molecular flexibility index (Phi) is 4.99. The van der Waals surface area contributed by atoms with E-state index in [-0.39, 0.29) is 11.8 Å². The van der Waals surface area contributed by atoms with Gasteiger partial charge in [-0.3, -0.25) is 9.59 Å². The molecule has 1 unspecified atom stereocenters. The number of carbonyl (C=O) groups is 2. The number of benzene rings is 1. The number of rotatable bonds is 5. The first kappa shape index (κ1) is 15.5. The molecular weight excluding hydrogens is 266 g/mol. The molecule has 1 fully saturated rings. The van der Waals surface area contributed by atoms with Crippen molar-refractivity contribution in [2.75, 3.05) is 5.32 Å². The van der Waals surface area contributed by atoms with Crippen LogP contribution in [0.25, 0.3) is 0 Å². The molecule has 4 heteroatoms. The normalized spacial score (nSPS) is 24.8. The molecule has 0 bridgehead atoms. The van der Waals surface area contributed by atoms with E-state index in [1.807, 2.05) is 31.2 Å². The Labute approximate surface area is 125 Å². The summed E-state index contributed by atoms with van der Waals surface area (Å²) < 4.78 is 0. The summed E-state index contributed by atoms with van der Waals surface area (Å²) in [5.74, 6) is -1.71. The molecule has 0 aromatic heterocycles. The lowest BCUT2D eigenvalue weighted by molar-refractivity contribution is -0.145. The van der Waals surface area contributed by atoms with Crippen LogP contribution in [0.3, 0.4) is 0 Å². The molecule has 1 aliphatic carbocycles. The molecule has 0 spiro atoms. The number of amides is 1. The highest BCUT2D eigenvalue weighted by atomic mass is 16.4. The first-order valence-corrected chi connectivity index (χ1v) is 7.64. The van der Waals surface area contributed by atoms with E-state index >= 15 is 0 Å². The minimum absolute atomic E-state index is 0.157. The third-order valence-electron chi connectivity index (χ3n) is 4.25. The van der Waals surface area contributed by atoms with Crippen molar-refractivity contribution in [1.82, 2.24) is 0 Å². The van der Waals surface area contributed by atoms with Gasteiger partial charge in [0.05, 0.1) is 11.8 Å². The highest BCUT2D eigenvalue weighted by molar-refractivity contribution is 5.96. The SMILES string of the molecule is CCCc1ccccc1NC(=O)[C@H]1CC(C)C[C@H]1C(=O)O. The molecule has 0 aliphatic heterocycles. The number of aryl methyl sites for hydroxylation is 1. The quantitative estimate of drug-likeness (QED) is 0.873. The molecule has 0 radical (unpaired) electrons. The van der Waals surface area contributed by atoms with E-state index in [0.717, 1.165) is 24.1 Å². The third-order valence-corrected chi connectivity index (χ3v) is 4.25. The fourth-order valence-electron chi connectivity index (χ4n) is 3.21. The molecule has 3 atom stereocenters. The van der Waals surface area contributed by atoms with Gasteiger partial charge in [0.25, 0.3) is 0 Å². The van der Waals surface area contributed by atoms with Crippen LogP contribution in [0, 0.1) is 17.8 Å². The fraction of sp³-hybridized carbons (Fsp3) is 0.529. The van der Waals surface area contributed by atoms with Crippen LogP contribution in [0.5, 0.6) is 0 Å². The predicted molar refractivity (Wildman–Crippen MR) is 82.1 cm³/mol. The molecule has 1 aromatic rings. The number of aliphatic carboxylic acids is 1. The van der Waals surface area contributed by atoms with Crippen LogP contribution in [-0.2, 0) is 16.0 Å². The van der Waals surface area contributed by atoms with Crippen molar-refractivity contribution in [1.29, 1.82) is 0 Å². The molecule has 21 heavy (non-hydrogen) atoms. The van der Waals surface area contributed by atoms with Gasteiger partial charge in [0, 0.05) is 5.69 Å². The molecule has 1 saturated carbocycles. The maximum atomic E-state index is 12.5. The smallest absolute Gasteiger partial charge is 0.307 e.